The molecule has 4 nitrogen and oxygen atoms in total. The van der Waals surface area contributed by atoms with E-state index in [9.17, 15) is 18.0 Å². The van der Waals surface area contributed by atoms with E-state index in [1.165, 1.54) is 12.1 Å². The Morgan fingerprint density at radius 2 is 1.90 bits per heavy atom. The van der Waals surface area contributed by atoms with E-state index in [1.54, 1.807) is 19.9 Å². The van der Waals surface area contributed by atoms with Crippen LogP contribution in [0.25, 0.3) is 10.9 Å². The van der Waals surface area contributed by atoms with Crippen molar-refractivity contribution in [3.05, 3.63) is 35.0 Å². The first kappa shape index (κ1) is 14.1. The normalized spacial score (nSPS) is 11.7. The summed E-state index contributed by atoms with van der Waals surface area (Å²) in [6.07, 6.45) is -4.87. The Bertz CT molecular complexity index is 695. The molecule has 0 unspecified atom stereocenters. The minimum Gasteiger partial charge on any atom is -0.477 e. The third-order valence-electron chi connectivity index (χ3n) is 2.67. The van der Waals surface area contributed by atoms with Crippen molar-refractivity contribution in [1.82, 2.24) is 4.98 Å². The van der Waals surface area contributed by atoms with Crippen molar-refractivity contribution < 1.29 is 27.8 Å². The Labute approximate surface area is 111 Å². The minimum absolute atomic E-state index is 0.120. The van der Waals surface area contributed by atoms with E-state index in [2.05, 4.69) is 9.72 Å². The van der Waals surface area contributed by atoms with Gasteiger partial charge in [0.2, 0.25) is 0 Å². The molecule has 0 aliphatic heterocycles. The highest BCUT2D eigenvalue weighted by Crippen LogP contribution is 2.32. The zero-order valence-electron chi connectivity index (χ0n) is 10.6. The molecular formula is C13H10F3NO3. The lowest BCUT2D eigenvalue weighted by Gasteiger charge is -2.13. The third-order valence-corrected chi connectivity index (χ3v) is 2.67. The largest absolute Gasteiger partial charge is 0.573 e. The van der Waals surface area contributed by atoms with Gasteiger partial charge in [0.15, 0.2) is 5.75 Å². The Morgan fingerprint density at radius 1 is 1.25 bits per heavy atom. The molecular weight excluding hydrogens is 275 g/mol. The summed E-state index contributed by atoms with van der Waals surface area (Å²) in [6.45, 7) is 3.22. The summed E-state index contributed by atoms with van der Waals surface area (Å²) in [5, 5.41) is 9.35. The number of fused-ring (bicyclic) bond motifs is 1. The average Bonchev–Trinajstić information content (AvgIpc) is 2.27. The second kappa shape index (κ2) is 4.66. The predicted octanol–water partition coefficient (Wildman–Crippen LogP) is 3.45. The van der Waals surface area contributed by atoms with Crippen LogP contribution in [-0.2, 0) is 0 Å². The van der Waals surface area contributed by atoms with E-state index in [0.717, 1.165) is 0 Å². The maximum atomic E-state index is 12.4. The molecule has 0 fully saturated rings. The van der Waals surface area contributed by atoms with Gasteiger partial charge in [-0.1, -0.05) is 0 Å². The number of pyridine rings is 1. The van der Waals surface area contributed by atoms with Crippen LogP contribution in [0.15, 0.2) is 18.2 Å². The predicted molar refractivity (Wildman–Crippen MR) is 64.9 cm³/mol. The molecule has 1 N–H and O–H groups in total. The van der Waals surface area contributed by atoms with Crippen molar-refractivity contribution in [2.24, 2.45) is 0 Å². The topological polar surface area (TPSA) is 59.4 Å². The SMILES string of the molecule is Cc1cc(OC(F)(F)F)c2nc(C(=O)O)cc(C)c2c1. The molecule has 0 radical (unpaired) electrons. The van der Waals surface area contributed by atoms with Crippen molar-refractivity contribution in [2.45, 2.75) is 20.2 Å². The van der Waals surface area contributed by atoms with Crippen molar-refractivity contribution in [3.63, 3.8) is 0 Å². The summed E-state index contributed by atoms with van der Waals surface area (Å²) in [5.74, 6) is -1.81. The van der Waals surface area contributed by atoms with Gasteiger partial charge in [-0.2, -0.15) is 0 Å². The van der Waals surface area contributed by atoms with E-state index < -0.39 is 18.1 Å². The van der Waals surface area contributed by atoms with Gasteiger partial charge in [0.05, 0.1) is 0 Å². The van der Waals surface area contributed by atoms with Crippen molar-refractivity contribution in [2.75, 3.05) is 0 Å². The molecule has 2 aromatic rings. The van der Waals surface area contributed by atoms with Crippen LogP contribution in [0.1, 0.15) is 21.6 Å². The van der Waals surface area contributed by atoms with E-state index in [0.29, 0.717) is 16.5 Å². The molecule has 0 atom stereocenters. The zero-order valence-corrected chi connectivity index (χ0v) is 10.6. The van der Waals surface area contributed by atoms with Crippen LogP contribution in [0.5, 0.6) is 5.75 Å². The first-order valence-electron chi connectivity index (χ1n) is 5.58. The maximum absolute atomic E-state index is 12.4. The Kier molecular flexibility index (Phi) is 3.29. The van der Waals surface area contributed by atoms with E-state index >= 15 is 0 Å². The summed E-state index contributed by atoms with van der Waals surface area (Å²) in [5.41, 5.74) is 0.629. The molecule has 1 heterocycles. The van der Waals surface area contributed by atoms with Crippen LogP contribution in [0.3, 0.4) is 0 Å². The smallest absolute Gasteiger partial charge is 0.477 e. The highest BCUT2D eigenvalue weighted by molar-refractivity contribution is 5.94. The number of carbonyl (C=O) groups is 1. The number of aromatic carboxylic acids is 1. The number of hydrogen-bond acceptors (Lipinski definition) is 3. The molecule has 0 saturated carbocycles. The van der Waals surface area contributed by atoms with Gasteiger partial charge < -0.3 is 9.84 Å². The maximum Gasteiger partial charge on any atom is 0.573 e. The van der Waals surface area contributed by atoms with E-state index in [-0.39, 0.29) is 11.2 Å². The number of carboxylic acids is 1. The van der Waals surface area contributed by atoms with Gasteiger partial charge >= 0.3 is 12.3 Å². The number of halogens is 3. The summed E-state index contributed by atoms with van der Waals surface area (Å²) in [4.78, 5) is 14.7. The monoisotopic (exact) mass is 285 g/mol. The van der Waals surface area contributed by atoms with Crippen molar-refractivity contribution in [3.8, 4) is 5.75 Å². The van der Waals surface area contributed by atoms with Gasteiger partial charge in [-0.3, -0.25) is 0 Å². The first-order valence-corrected chi connectivity index (χ1v) is 5.58. The van der Waals surface area contributed by atoms with Gasteiger partial charge in [0.25, 0.3) is 0 Å². The van der Waals surface area contributed by atoms with Gasteiger partial charge in [0, 0.05) is 5.39 Å². The highest BCUT2D eigenvalue weighted by Gasteiger charge is 2.32. The lowest BCUT2D eigenvalue weighted by Crippen LogP contribution is -2.18. The molecule has 0 spiro atoms. The van der Waals surface area contributed by atoms with Crippen molar-refractivity contribution >= 4 is 16.9 Å². The average molecular weight is 285 g/mol. The molecule has 106 valence electrons. The van der Waals surface area contributed by atoms with Crippen LogP contribution in [0.4, 0.5) is 13.2 Å². The molecule has 0 aliphatic rings. The molecule has 1 aromatic heterocycles. The standard InChI is InChI=1S/C13H10F3NO3/c1-6-3-8-7(2)5-9(12(18)19)17-11(8)10(4-6)20-13(14,15)16/h3-5H,1-2H3,(H,18,19). The number of ether oxygens (including phenoxy) is 1. The molecule has 0 bridgehead atoms. The highest BCUT2D eigenvalue weighted by atomic mass is 19.4. The molecule has 7 heteroatoms. The number of carboxylic acid groups (broad SMARTS) is 1. The number of alkyl halides is 3. The van der Waals surface area contributed by atoms with Crippen LogP contribution in [-0.4, -0.2) is 22.4 Å². The summed E-state index contributed by atoms with van der Waals surface area (Å²) in [7, 11) is 0. The first-order chi connectivity index (χ1) is 9.17. The molecule has 20 heavy (non-hydrogen) atoms. The molecule has 0 amide bonds. The lowest BCUT2D eigenvalue weighted by molar-refractivity contribution is -0.274. The third kappa shape index (κ3) is 2.81. The van der Waals surface area contributed by atoms with Crippen LogP contribution in [0.2, 0.25) is 0 Å². The fraction of sp³-hybridized carbons (Fsp3) is 0.231. The number of aryl methyl sites for hydroxylation is 2. The molecule has 0 aliphatic carbocycles. The summed E-state index contributed by atoms with van der Waals surface area (Å²) in [6, 6.07) is 4.11. The quantitative estimate of drug-likeness (QED) is 0.918. The fourth-order valence-corrected chi connectivity index (χ4v) is 1.91. The second-order valence-electron chi connectivity index (χ2n) is 4.34. The number of rotatable bonds is 2. The summed E-state index contributed by atoms with van der Waals surface area (Å²) < 4.78 is 41.1. The fourth-order valence-electron chi connectivity index (χ4n) is 1.91. The van der Waals surface area contributed by atoms with E-state index in [1.807, 2.05) is 0 Å². The zero-order chi connectivity index (χ0) is 15.1. The second-order valence-corrected chi connectivity index (χ2v) is 4.34. The molecule has 2 rings (SSSR count). The molecule has 1 aromatic carbocycles. The van der Waals surface area contributed by atoms with E-state index in [4.69, 9.17) is 5.11 Å². The number of benzene rings is 1. The van der Waals surface area contributed by atoms with Crippen LogP contribution < -0.4 is 4.74 Å². The molecule has 0 saturated heterocycles. The Hall–Kier alpha value is -2.31. The van der Waals surface area contributed by atoms with Gasteiger partial charge in [0.1, 0.15) is 11.2 Å². The number of nitrogens with zero attached hydrogens (tertiary/aromatic N) is 1. The number of aromatic nitrogens is 1. The minimum atomic E-state index is -4.87. The van der Waals surface area contributed by atoms with Crippen LogP contribution >= 0.6 is 0 Å². The summed E-state index contributed by atoms with van der Waals surface area (Å²) >= 11 is 0. The van der Waals surface area contributed by atoms with Crippen LogP contribution in [0, 0.1) is 13.8 Å². The van der Waals surface area contributed by atoms with Crippen molar-refractivity contribution in [1.29, 1.82) is 0 Å². The van der Waals surface area contributed by atoms with Gasteiger partial charge in [-0.15, -0.1) is 13.2 Å². The van der Waals surface area contributed by atoms with Gasteiger partial charge in [-0.25, -0.2) is 9.78 Å². The van der Waals surface area contributed by atoms with Gasteiger partial charge in [-0.05, 0) is 43.2 Å². The Morgan fingerprint density at radius 3 is 2.45 bits per heavy atom. The number of hydrogen-bond donors (Lipinski definition) is 1. The Balaban J connectivity index is 2.75. The lowest BCUT2D eigenvalue weighted by atomic mass is 10.1.